The van der Waals surface area contributed by atoms with E-state index in [1.807, 2.05) is 20.2 Å². The zero-order chi connectivity index (χ0) is 12.7. The Morgan fingerprint density at radius 1 is 1.39 bits per heavy atom. The third kappa shape index (κ3) is 2.31. The number of halogens is 1. The maximum Gasteiger partial charge on any atom is 0.135 e. The molecular formula is C12H14ClN5. The molecule has 0 radical (unpaired) electrons. The van der Waals surface area contributed by atoms with Crippen molar-refractivity contribution in [1.29, 1.82) is 0 Å². The second-order valence-electron chi connectivity index (χ2n) is 4.64. The highest BCUT2D eigenvalue weighted by molar-refractivity contribution is 6.29. The molecule has 1 saturated carbocycles. The van der Waals surface area contributed by atoms with Gasteiger partial charge in [-0.3, -0.25) is 4.68 Å². The molecule has 6 heteroatoms. The highest BCUT2D eigenvalue weighted by Gasteiger charge is 2.27. The molecule has 94 valence electrons. The van der Waals surface area contributed by atoms with Crippen molar-refractivity contribution in [3.63, 3.8) is 0 Å². The Labute approximate surface area is 110 Å². The molecule has 0 amide bonds. The van der Waals surface area contributed by atoms with Crippen LogP contribution in [0, 0.1) is 6.92 Å². The molecule has 1 aliphatic carbocycles. The topological polar surface area (TPSA) is 55.6 Å². The van der Waals surface area contributed by atoms with Crippen LogP contribution in [-0.4, -0.2) is 19.7 Å². The van der Waals surface area contributed by atoms with Crippen LogP contribution in [0.5, 0.6) is 0 Å². The van der Waals surface area contributed by atoms with Crippen LogP contribution in [0.3, 0.4) is 0 Å². The quantitative estimate of drug-likeness (QED) is 0.865. The number of hydrogen-bond acceptors (Lipinski definition) is 4. The normalized spacial score (nSPS) is 14.8. The highest BCUT2D eigenvalue weighted by Crippen LogP contribution is 2.39. The molecule has 0 spiro atoms. The van der Waals surface area contributed by atoms with Crippen LogP contribution in [0.15, 0.2) is 12.3 Å². The third-order valence-electron chi connectivity index (χ3n) is 2.93. The molecule has 2 heterocycles. The Hall–Kier alpha value is -1.62. The summed E-state index contributed by atoms with van der Waals surface area (Å²) in [6.45, 7) is 1.95. The fourth-order valence-electron chi connectivity index (χ4n) is 1.88. The minimum Gasteiger partial charge on any atom is -0.337 e. The lowest BCUT2D eigenvalue weighted by molar-refractivity contribution is 0.756. The first kappa shape index (κ1) is 11.5. The number of aryl methyl sites for hydroxylation is 2. The first-order valence-corrected chi connectivity index (χ1v) is 6.31. The van der Waals surface area contributed by atoms with Crippen LogP contribution in [0.1, 0.15) is 30.3 Å². The smallest absolute Gasteiger partial charge is 0.135 e. The predicted octanol–water partition coefficient (Wildman–Crippen LogP) is 2.79. The maximum absolute atomic E-state index is 6.02. The van der Waals surface area contributed by atoms with Crippen molar-refractivity contribution in [2.45, 2.75) is 25.7 Å². The van der Waals surface area contributed by atoms with Crippen molar-refractivity contribution in [2.24, 2.45) is 7.05 Å². The van der Waals surface area contributed by atoms with E-state index in [4.69, 9.17) is 11.6 Å². The van der Waals surface area contributed by atoms with Gasteiger partial charge in [0.1, 0.15) is 16.8 Å². The summed E-state index contributed by atoms with van der Waals surface area (Å²) in [5.41, 5.74) is 1.87. The van der Waals surface area contributed by atoms with E-state index in [0.29, 0.717) is 11.1 Å². The Morgan fingerprint density at radius 2 is 2.17 bits per heavy atom. The van der Waals surface area contributed by atoms with Gasteiger partial charge in [0, 0.05) is 25.2 Å². The average molecular weight is 264 g/mol. The van der Waals surface area contributed by atoms with Gasteiger partial charge in [-0.15, -0.1) is 0 Å². The molecule has 1 aliphatic rings. The summed E-state index contributed by atoms with van der Waals surface area (Å²) < 4.78 is 1.77. The van der Waals surface area contributed by atoms with Crippen molar-refractivity contribution in [3.05, 3.63) is 28.9 Å². The van der Waals surface area contributed by atoms with E-state index < -0.39 is 0 Å². The summed E-state index contributed by atoms with van der Waals surface area (Å²) in [6.07, 6.45) is 4.24. The van der Waals surface area contributed by atoms with E-state index in [0.717, 1.165) is 35.9 Å². The number of nitrogens with one attached hydrogen (secondary N) is 1. The summed E-state index contributed by atoms with van der Waals surface area (Å²) in [6, 6.07) is 1.74. The summed E-state index contributed by atoms with van der Waals surface area (Å²) in [7, 11) is 1.89. The van der Waals surface area contributed by atoms with Gasteiger partial charge in [0.15, 0.2) is 0 Å². The van der Waals surface area contributed by atoms with Crippen LogP contribution < -0.4 is 5.32 Å². The lowest BCUT2D eigenvalue weighted by Gasteiger charge is -2.06. The summed E-state index contributed by atoms with van der Waals surface area (Å²) in [5.74, 6) is 2.05. The third-order valence-corrected chi connectivity index (χ3v) is 3.12. The van der Waals surface area contributed by atoms with Gasteiger partial charge in [0.25, 0.3) is 0 Å². The SMILES string of the molecule is Cc1nn(C)cc1Nc1cc(Cl)nc(C2CC2)n1. The summed E-state index contributed by atoms with van der Waals surface area (Å²) in [5, 5.41) is 8.00. The molecule has 1 N–H and O–H groups in total. The van der Waals surface area contributed by atoms with Gasteiger partial charge in [-0.2, -0.15) is 5.10 Å². The van der Waals surface area contributed by atoms with E-state index in [1.165, 1.54) is 0 Å². The first-order valence-electron chi connectivity index (χ1n) is 5.93. The van der Waals surface area contributed by atoms with Gasteiger partial charge in [-0.1, -0.05) is 11.6 Å². The molecule has 18 heavy (non-hydrogen) atoms. The largest absolute Gasteiger partial charge is 0.337 e. The van der Waals surface area contributed by atoms with Gasteiger partial charge in [-0.25, -0.2) is 9.97 Å². The van der Waals surface area contributed by atoms with Crippen LogP contribution in [-0.2, 0) is 7.05 Å². The molecule has 0 aliphatic heterocycles. The molecule has 2 aromatic rings. The monoisotopic (exact) mass is 263 g/mol. The number of anilines is 2. The van der Waals surface area contributed by atoms with Gasteiger partial charge in [-0.05, 0) is 19.8 Å². The number of nitrogens with zero attached hydrogens (tertiary/aromatic N) is 4. The second kappa shape index (κ2) is 4.24. The van der Waals surface area contributed by atoms with E-state index in [9.17, 15) is 0 Å². The maximum atomic E-state index is 6.02. The standard InChI is InChI=1S/C12H14ClN5/c1-7-9(6-18(2)17-7)14-11-5-10(13)15-12(16-11)8-3-4-8/h5-6,8H,3-4H2,1-2H3,(H,14,15,16). The lowest BCUT2D eigenvalue weighted by atomic mass is 10.3. The molecule has 0 aromatic carbocycles. The van der Waals surface area contributed by atoms with Crippen molar-refractivity contribution >= 4 is 23.1 Å². The number of hydrogen-bond donors (Lipinski definition) is 1. The Bertz CT molecular complexity index is 588. The molecule has 2 aromatic heterocycles. The Kier molecular flexibility index (Phi) is 2.70. The number of aromatic nitrogens is 4. The van der Waals surface area contributed by atoms with Crippen LogP contribution in [0.25, 0.3) is 0 Å². The van der Waals surface area contributed by atoms with Crippen LogP contribution in [0.2, 0.25) is 5.15 Å². The van der Waals surface area contributed by atoms with E-state index >= 15 is 0 Å². The lowest BCUT2D eigenvalue weighted by Crippen LogP contribution is -1.99. The van der Waals surface area contributed by atoms with E-state index in [2.05, 4.69) is 20.4 Å². The van der Waals surface area contributed by atoms with Crippen LogP contribution >= 0.6 is 11.6 Å². The summed E-state index contributed by atoms with van der Waals surface area (Å²) >= 11 is 6.02. The molecule has 0 unspecified atom stereocenters. The Balaban J connectivity index is 1.89. The molecule has 0 bridgehead atoms. The molecular weight excluding hydrogens is 250 g/mol. The van der Waals surface area contributed by atoms with Crippen molar-refractivity contribution < 1.29 is 0 Å². The van der Waals surface area contributed by atoms with Crippen molar-refractivity contribution in [2.75, 3.05) is 5.32 Å². The van der Waals surface area contributed by atoms with Gasteiger partial charge in [0.05, 0.1) is 11.4 Å². The minimum absolute atomic E-state index is 0.482. The number of rotatable bonds is 3. The fourth-order valence-corrected chi connectivity index (χ4v) is 2.07. The average Bonchev–Trinajstić information content (AvgIpc) is 3.06. The summed E-state index contributed by atoms with van der Waals surface area (Å²) in [4.78, 5) is 8.76. The predicted molar refractivity (Wildman–Crippen MR) is 70.2 cm³/mol. The first-order chi connectivity index (χ1) is 8.61. The Morgan fingerprint density at radius 3 is 2.78 bits per heavy atom. The van der Waals surface area contributed by atoms with E-state index in [1.54, 1.807) is 10.7 Å². The van der Waals surface area contributed by atoms with Crippen LogP contribution in [0.4, 0.5) is 11.5 Å². The van der Waals surface area contributed by atoms with Crippen molar-refractivity contribution in [1.82, 2.24) is 19.7 Å². The van der Waals surface area contributed by atoms with Gasteiger partial charge >= 0.3 is 0 Å². The second-order valence-corrected chi connectivity index (χ2v) is 5.02. The molecule has 0 saturated heterocycles. The minimum atomic E-state index is 0.482. The zero-order valence-electron chi connectivity index (χ0n) is 10.3. The molecule has 5 nitrogen and oxygen atoms in total. The molecule has 3 rings (SSSR count). The molecule has 0 atom stereocenters. The van der Waals surface area contributed by atoms with Gasteiger partial charge in [0.2, 0.25) is 0 Å². The molecule has 1 fully saturated rings. The zero-order valence-corrected chi connectivity index (χ0v) is 11.1. The highest BCUT2D eigenvalue weighted by atomic mass is 35.5. The fraction of sp³-hybridized carbons (Fsp3) is 0.417. The van der Waals surface area contributed by atoms with Gasteiger partial charge < -0.3 is 5.32 Å². The van der Waals surface area contributed by atoms with Crippen molar-refractivity contribution in [3.8, 4) is 0 Å². The van der Waals surface area contributed by atoms with E-state index in [-0.39, 0.29) is 0 Å².